The van der Waals surface area contributed by atoms with Gasteiger partial charge in [0.1, 0.15) is 0 Å². The second-order valence-electron chi connectivity index (χ2n) is 6.38. The van der Waals surface area contributed by atoms with Gasteiger partial charge in [-0.05, 0) is 17.5 Å². The normalized spacial score (nSPS) is 19.0. The van der Waals surface area contributed by atoms with Gasteiger partial charge in [0.15, 0.2) is 5.78 Å². The van der Waals surface area contributed by atoms with Crippen molar-refractivity contribution in [1.82, 2.24) is 0 Å². The van der Waals surface area contributed by atoms with Crippen molar-refractivity contribution in [2.45, 2.75) is 46.2 Å². The fourth-order valence-corrected chi connectivity index (χ4v) is 2.72. The molecule has 1 aromatic carbocycles. The summed E-state index contributed by atoms with van der Waals surface area (Å²) in [5, 5.41) is 0. The summed E-state index contributed by atoms with van der Waals surface area (Å²) in [4.78, 5) is 26.8. The molecule has 1 aromatic rings. The van der Waals surface area contributed by atoms with Crippen molar-refractivity contribution in [2.75, 3.05) is 4.90 Å². The number of benzene rings is 1. The van der Waals surface area contributed by atoms with Gasteiger partial charge in [0.05, 0.1) is 12.1 Å². The van der Waals surface area contributed by atoms with E-state index in [1.54, 1.807) is 4.90 Å². The third-order valence-corrected chi connectivity index (χ3v) is 4.11. The third-order valence-electron chi connectivity index (χ3n) is 4.11. The lowest BCUT2D eigenvalue weighted by Gasteiger charge is -2.29. The second-order valence-corrected chi connectivity index (χ2v) is 6.38. The number of Topliss-reactive ketones (excluding diaryl/α,β-unsaturated/α-hetero) is 1. The Hall–Kier alpha value is -1.68. The number of ketones is 1. The molecule has 0 saturated carbocycles. The Morgan fingerprint density at radius 2 is 1.81 bits per heavy atom. The number of anilines is 1. The highest BCUT2D eigenvalue weighted by Crippen LogP contribution is 2.34. The first-order valence-electron chi connectivity index (χ1n) is 7.54. The summed E-state index contributed by atoms with van der Waals surface area (Å²) in [5.41, 5.74) is 7.91. The van der Waals surface area contributed by atoms with E-state index in [0.717, 1.165) is 11.3 Å². The Morgan fingerprint density at radius 1 is 1.19 bits per heavy atom. The standard InChI is InChI=1S/C17H24N2O2/c1-10(2)15(18)17(21)19-13-8-6-5-7-12(13)9-14(19)16(20)11(3)4/h5-8,10-11,14-15H,9,18H2,1-4H3/t14-,15-/m0/s1. The number of para-hydroxylation sites is 1. The van der Waals surface area contributed by atoms with Crippen molar-refractivity contribution in [3.8, 4) is 0 Å². The molecule has 0 bridgehead atoms. The quantitative estimate of drug-likeness (QED) is 0.923. The van der Waals surface area contributed by atoms with Crippen molar-refractivity contribution in [3.05, 3.63) is 29.8 Å². The van der Waals surface area contributed by atoms with Gasteiger partial charge in [-0.2, -0.15) is 0 Å². The van der Waals surface area contributed by atoms with Crippen LogP contribution in [0.3, 0.4) is 0 Å². The lowest BCUT2D eigenvalue weighted by Crippen LogP contribution is -2.52. The van der Waals surface area contributed by atoms with E-state index in [0.29, 0.717) is 6.42 Å². The maximum absolute atomic E-state index is 12.7. The van der Waals surface area contributed by atoms with Crippen LogP contribution in [0, 0.1) is 11.8 Å². The number of nitrogens with zero attached hydrogens (tertiary/aromatic N) is 1. The van der Waals surface area contributed by atoms with Gasteiger partial charge in [-0.15, -0.1) is 0 Å². The summed E-state index contributed by atoms with van der Waals surface area (Å²) in [6, 6.07) is 6.70. The molecule has 4 heteroatoms. The molecule has 0 saturated heterocycles. The average Bonchev–Trinajstić information content (AvgIpc) is 2.83. The topological polar surface area (TPSA) is 63.4 Å². The number of rotatable bonds is 4. The number of hydrogen-bond donors (Lipinski definition) is 1. The van der Waals surface area contributed by atoms with E-state index < -0.39 is 12.1 Å². The Kier molecular flexibility index (Phi) is 4.47. The van der Waals surface area contributed by atoms with Crippen LogP contribution >= 0.6 is 0 Å². The molecule has 21 heavy (non-hydrogen) atoms. The lowest BCUT2D eigenvalue weighted by atomic mass is 9.97. The molecule has 114 valence electrons. The van der Waals surface area contributed by atoms with E-state index in [4.69, 9.17) is 5.73 Å². The van der Waals surface area contributed by atoms with Crippen molar-refractivity contribution < 1.29 is 9.59 Å². The highest BCUT2D eigenvalue weighted by Gasteiger charge is 2.40. The minimum Gasteiger partial charge on any atom is -0.320 e. The van der Waals surface area contributed by atoms with Crippen LogP contribution < -0.4 is 10.6 Å². The van der Waals surface area contributed by atoms with Gasteiger partial charge in [-0.25, -0.2) is 0 Å². The van der Waals surface area contributed by atoms with E-state index in [1.165, 1.54) is 0 Å². The van der Waals surface area contributed by atoms with Gasteiger partial charge in [-0.1, -0.05) is 45.9 Å². The zero-order chi connectivity index (χ0) is 15.7. The number of fused-ring (bicyclic) bond motifs is 1. The van der Waals surface area contributed by atoms with Crippen molar-refractivity contribution in [1.29, 1.82) is 0 Å². The zero-order valence-electron chi connectivity index (χ0n) is 13.2. The van der Waals surface area contributed by atoms with Gasteiger partial charge < -0.3 is 5.73 Å². The summed E-state index contributed by atoms with van der Waals surface area (Å²) in [6.45, 7) is 7.58. The van der Waals surface area contributed by atoms with Crippen molar-refractivity contribution in [3.63, 3.8) is 0 Å². The summed E-state index contributed by atoms with van der Waals surface area (Å²) >= 11 is 0. The van der Waals surface area contributed by atoms with Crippen LogP contribution in [0.1, 0.15) is 33.3 Å². The number of carbonyl (C=O) groups is 2. The number of carbonyl (C=O) groups excluding carboxylic acids is 2. The molecule has 0 spiro atoms. The first-order chi connectivity index (χ1) is 9.84. The maximum atomic E-state index is 12.7. The van der Waals surface area contributed by atoms with Gasteiger partial charge in [0.2, 0.25) is 5.91 Å². The molecule has 2 rings (SSSR count). The van der Waals surface area contributed by atoms with E-state index in [9.17, 15) is 9.59 Å². The molecule has 0 radical (unpaired) electrons. The van der Waals surface area contributed by atoms with Crippen LogP contribution in [-0.2, 0) is 16.0 Å². The Bertz CT molecular complexity index is 551. The first-order valence-corrected chi connectivity index (χ1v) is 7.54. The third kappa shape index (κ3) is 2.86. The van der Waals surface area contributed by atoms with E-state index in [1.807, 2.05) is 52.0 Å². The molecule has 2 N–H and O–H groups in total. The highest BCUT2D eigenvalue weighted by molar-refractivity contribution is 6.06. The van der Waals surface area contributed by atoms with E-state index in [-0.39, 0.29) is 23.5 Å². The predicted molar refractivity (Wildman–Crippen MR) is 84.1 cm³/mol. The summed E-state index contributed by atoms with van der Waals surface area (Å²) in [7, 11) is 0. The molecule has 1 heterocycles. The maximum Gasteiger partial charge on any atom is 0.244 e. The molecule has 0 unspecified atom stereocenters. The van der Waals surface area contributed by atoms with Crippen LogP contribution in [0.4, 0.5) is 5.69 Å². The molecule has 2 atom stereocenters. The lowest BCUT2D eigenvalue weighted by molar-refractivity contribution is -0.127. The monoisotopic (exact) mass is 288 g/mol. The number of amides is 1. The molecule has 1 aliphatic rings. The summed E-state index contributed by atoms with van der Waals surface area (Å²) < 4.78 is 0. The molecular weight excluding hydrogens is 264 g/mol. The molecule has 1 amide bonds. The van der Waals surface area contributed by atoms with Gasteiger partial charge in [0, 0.05) is 18.0 Å². The van der Waals surface area contributed by atoms with Gasteiger partial charge >= 0.3 is 0 Å². The number of nitrogens with two attached hydrogens (primary N) is 1. The SMILES string of the molecule is CC(C)C(=O)[C@@H]1Cc2ccccc2N1C(=O)[C@@H](N)C(C)C. The first kappa shape index (κ1) is 15.7. The molecular formula is C17H24N2O2. The Morgan fingerprint density at radius 3 is 2.38 bits per heavy atom. The fourth-order valence-electron chi connectivity index (χ4n) is 2.72. The molecule has 0 aliphatic carbocycles. The highest BCUT2D eigenvalue weighted by atomic mass is 16.2. The molecule has 0 aromatic heterocycles. The van der Waals surface area contributed by atoms with Gasteiger partial charge in [0.25, 0.3) is 0 Å². The smallest absolute Gasteiger partial charge is 0.244 e. The van der Waals surface area contributed by atoms with Crippen LogP contribution in [0.25, 0.3) is 0 Å². The van der Waals surface area contributed by atoms with E-state index in [2.05, 4.69) is 0 Å². The second kappa shape index (κ2) is 5.98. The summed E-state index contributed by atoms with van der Waals surface area (Å²) in [5.74, 6) is -0.126. The zero-order valence-corrected chi connectivity index (χ0v) is 13.2. The molecule has 1 aliphatic heterocycles. The Balaban J connectivity index is 2.40. The van der Waals surface area contributed by atoms with Crippen LogP contribution in [0.2, 0.25) is 0 Å². The van der Waals surface area contributed by atoms with Crippen LogP contribution in [0.15, 0.2) is 24.3 Å². The predicted octanol–water partition coefficient (Wildman–Crippen LogP) is 2.15. The van der Waals surface area contributed by atoms with Crippen LogP contribution in [-0.4, -0.2) is 23.8 Å². The molecule has 4 nitrogen and oxygen atoms in total. The fraction of sp³-hybridized carbons (Fsp3) is 0.529. The minimum atomic E-state index is -0.585. The van der Waals surface area contributed by atoms with Gasteiger partial charge in [-0.3, -0.25) is 14.5 Å². The Labute approximate surface area is 126 Å². The van der Waals surface area contributed by atoms with Crippen molar-refractivity contribution in [2.24, 2.45) is 17.6 Å². The van der Waals surface area contributed by atoms with Crippen LogP contribution in [0.5, 0.6) is 0 Å². The summed E-state index contributed by atoms with van der Waals surface area (Å²) in [6.07, 6.45) is 0.587. The van der Waals surface area contributed by atoms with E-state index >= 15 is 0 Å². The minimum absolute atomic E-state index is 0.0417. The van der Waals surface area contributed by atoms with Crippen molar-refractivity contribution >= 4 is 17.4 Å². The average molecular weight is 288 g/mol. The largest absolute Gasteiger partial charge is 0.320 e. The molecule has 0 fully saturated rings. The number of hydrogen-bond acceptors (Lipinski definition) is 3.